The van der Waals surface area contributed by atoms with E-state index in [0.29, 0.717) is 18.0 Å². The van der Waals surface area contributed by atoms with E-state index in [9.17, 15) is 9.59 Å². The molecular weight excluding hydrogens is 418 g/mol. The van der Waals surface area contributed by atoms with Crippen LogP contribution in [0.2, 0.25) is 0 Å². The maximum atomic E-state index is 13.0. The lowest BCUT2D eigenvalue weighted by Crippen LogP contribution is -2.44. The normalized spacial score (nSPS) is 14.5. The number of amides is 2. The summed E-state index contributed by atoms with van der Waals surface area (Å²) < 4.78 is 1.62. The van der Waals surface area contributed by atoms with Crippen molar-refractivity contribution in [2.45, 2.75) is 58.9 Å². The molecule has 1 fully saturated rings. The number of fused-ring (bicyclic) bond motifs is 1. The van der Waals surface area contributed by atoms with E-state index in [1.54, 1.807) is 4.52 Å². The van der Waals surface area contributed by atoms with Crippen molar-refractivity contribution in [3.63, 3.8) is 0 Å². The molecule has 2 amide bonds. The van der Waals surface area contributed by atoms with Gasteiger partial charge in [-0.05, 0) is 57.4 Å². The molecule has 33 heavy (non-hydrogen) atoms. The van der Waals surface area contributed by atoms with Crippen LogP contribution in [0.1, 0.15) is 49.8 Å². The molecule has 1 saturated heterocycles. The Hall–Kier alpha value is -3.49. The lowest BCUT2D eigenvalue weighted by atomic mass is 10.1. The van der Waals surface area contributed by atoms with Crippen molar-refractivity contribution in [2.24, 2.45) is 0 Å². The molecule has 174 valence electrons. The summed E-state index contributed by atoms with van der Waals surface area (Å²) in [6.07, 6.45) is 3.68. The number of aryl methyl sites for hydroxylation is 2. The minimum absolute atomic E-state index is 0.0141. The van der Waals surface area contributed by atoms with Crippen LogP contribution in [-0.2, 0) is 16.0 Å². The number of rotatable bonds is 8. The topological polar surface area (TPSA) is 105 Å². The smallest absolute Gasteiger partial charge is 0.252 e. The van der Waals surface area contributed by atoms with E-state index in [-0.39, 0.29) is 18.2 Å². The van der Waals surface area contributed by atoms with Crippen molar-refractivity contribution in [1.29, 1.82) is 0 Å². The van der Waals surface area contributed by atoms with E-state index in [4.69, 9.17) is 0 Å². The van der Waals surface area contributed by atoms with Crippen LogP contribution in [0.25, 0.3) is 5.78 Å². The Kier molecular flexibility index (Phi) is 6.86. The van der Waals surface area contributed by atoms with Crippen molar-refractivity contribution in [1.82, 2.24) is 24.9 Å². The summed E-state index contributed by atoms with van der Waals surface area (Å²) in [5.74, 6) is 0.332. The quantitative estimate of drug-likeness (QED) is 0.548. The second kappa shape index (κ2) is 9.97. The second-order valence-corrected chi connectivity index (χ2v) is 8.60. The van der Waals surface area contributed by atoms with Gasteiger partial charge in [-0.1, -0.05) is 19.4 Å². The van der Waals surface area contributed by atoms with E-state index in [1.165, 1.54) is 12.8 Å². The van der Waals surface area contributed by atoms with Gasteiger partial charge in [-0.15, -0.1) is 5.10 Å². The van der Waals surface area contributed by atoms with Crippen LogP contribution < -0.4 is 15.5 Å². The minimum atomic E-state index is -0.628. The van der Waals surface area contributed by atoms with Gasteiger partial charge in [-0.2, -0.15) is 4.98 Å². The van der Waals surface area contributed by atoms with Gasteiger partial charge in [-0.25, -0.2) is 9.50 Å². The van der Waals surface area contributed by atoms with E-state index in [0.717, 1.165) is 42.3 Å². The Morgan fingerprint density at radius 2 is 1.91 bits per heavy atom. The Bertz CT molecular complexity index is 1150. The third-order valence-corrected chi connectivity index (χ3v) is 5.79. The molecule has 0 spiro atoms. The fraction of sp³-hybridized carbons (Fsp3) is 0.458. The fourth-order valence-corrected chi connectivity index (χ4v) is 4.21. The molecule has 2 N–H and O–H groups in total. The molecule has 0 radical (unpaired) electrons. The summed E-state index contributed by atoms with van der Waals surface area (Å²) in [6.45, 7) is 7.87. The number of benzene rings is 1. The summed E-state index contributed by atoms with van der Waals surface area (Å²) in [4.78, 5) is 36.7. The molecule has 9 heteroatoms. The highest BCUT2D eigenvalue weighted by Gasteiger charge is 2.22. The summed E-state index contributed by atoms with van der Waals surface area (Å²) >= 11 is 0. The Balaban J connectivity index is 1.40. The zero-order chi connectivity index (χ0) is 23.4. The van der Waals surface area contributed by atoms with Gasteiger partial charge >= 0.3 is 0 Å². The van der Waals surface area contributed by atoms with Crippen LogP contribution in [0.5, 0.6) is 0 Å². The molecule has 9 nitrogen and oxygen atoms in total. The lowest BCUT2D eigenvalue weighted by molar-refractivity contribution is -0.126. The molecular formula is C24H31N7O2. The first-order valence-electron chi connectivity index (χ1n) is 11.6. The molecule has 1 aromatic carbocycles. The van der Waals surface area contributed by atoms with E-state index in [1.807, 2.05) is 45.0 Å². The van der Waals surface area contributed by atoms with E-state index >= 15 is 0 Å². The van der Waals surface area contributed by atoms with E-state index < -0.39 is 6.04 Å². The Morgan fingerprint density at radius 3 is 2.67 bits per heavy atom. The van der Waals surface area contributed by atoms with Crippen molar-refractivity contribution in [3.8, 4) is 0 Å². The van der Waals surface area contributed by atoms with Crippen LogP contribution in [0.3, 0.4) is 0 Å². The molecule has 2 aromatic heterocycles. The van der Waals surface area contributed by atoms with Crippen LogP contribution >= 0.6 is 0 Å². The van der Waals surface area contributed by atoms with Crippen LogP contribution in [0, 0.1) is 13.8 Å². The van der Waals surface area contributed by atoms with E-state index in [2.05, 4.69) is 36.7 Å². The van der Waals surface area contributed by atoms with Gasteiger partial charge in [0.2, 0.25) is 11.8 Å². The van der Waals surface area contributed by atoms with Gasteiger partial charge in [0.05, 0.1) is 6.42 Å². The van der Waals surface area contributed by atoms with Gasteiger partial charge < -0.3 is 15.5 Å². The fourth-order valence-electron chi connectivity index (χ4n) is 4.21. The number of carbonyl (C=O) groups excluding carboxylic acids is 2. The molecule has 1 unspecified atom stereocenters. The number of hydrogen-bond donors (Lipinski definition) is 2. The summed E-state index contributed by atoms with van der Waals surface area (Å²) in [7, 11) is 0. The standard InChI is InChI=1S/C24H31N7O2/c1-4-8-20(23(33)26-18-9-7-10-19(14-18)30-11-5-6-12-30)27-22(32)15-21-28-24-25-16(2)13-17(3)31(24)29-21/h7,9-10,13-14,20H,4-6,8,11-12,15H2,1-3H3,(H,26,33)(H,27,32). The lowest BCUT2D eigenvalue weighted by Gasteiger charge is -2.20. The van der Waals surface area contributed by atoms with Gasteiger partial charge in [0.1, 0.15) is 6.04 Å². The summed E-state index contributed by atoms with van der Waals surface area (Å²) in [5.41, 5.74) is 3.59. The summed E-state index contributed by atoms with van der Waals surface area (Å²) in [6, 6.07) is 9.16. The Morgan fingerprint density at radius 1 is 1.12 bits per heavy atom. The van der Waals surface area contributed by atoms with Crippen molar-refractivity contribution in [3.05, 3.63) is 47.5 Å². The SMILES string of the molecule is CCCC(NC(=O)Cc1nc2nc(C)cc(C)n2n1)C(=O)Nc1cccc(N2CCCC2)c1. The van der Waals surface area contributed by atoms with Gasteiger partial charge in [-0.3, -0.25) is 9.59 Å². The maximum Gasteiger partial charge on any atom is 0.252 e. The zero-order valence-corrected chi connectivity index (χ0v) is 19.5. The summed E-state index contributed by atoms with van der Waals surface area (Å²) in [5, 5.41) is 10.2. The number of nitrogens with one attached hydrogen (secondary N) is 2. The third kappa shape index (κ3) is 5.47. The molecule has 1 atom stereocenters. The number of hydrogen-bond acceptors (Lipinski definition) is 6. The number of aromatic nitrogens is 4. The zero-order valence-electron chi connectivity index (χ0n) is 19.5. The van der Waals surface area contributed by atoms with Crippen molar-refractivity contribution < 1.29 is 9.59 Å². The highest BCUT2D eigenvalue weighted by molar-refractivity contribution is 5.97. The predicted molar refractivity (Wildman–Crippen MR) is 127 cm³/mol. The predicted octanol–water partition coefficient (Wildman–Crippen LogP) is 2.81. The monoisotopic (exact) mass is 449 g/mol. The van der Waals surface area contributed by atoms with Gasteiger partial charge in [0, 0.05) is 35.9 Å². The minimum Gasteiger partial charge on any atom is -0.371 e. The third-order valence-electron chi connectivity index (χ3n) is 5.79. The molecule has 3 heterocycles. The van der Waals surface area contributed by atoms with Crippen molar-refractivity contribution >= 4 is 29.0 Å². The maximum absolute atomic E-state index is 13.0. The molecule has 0 bridgehead atoms. The van der Waals surface area contributed by atoms with Gasteiger partial charge in [0.25, 0.3) is 5.78 Å². The Labute approximate surface area is 193 Å². The molecule has 1 aliphatic rings. The first kappa shape index (κ1) is 22.7. The molecule has 0 saturated carbocycles. The number of anilines is 2. The molecule has 4 rings (SSSR count). The molecule has 3 aromatic rings. The largest absolute Gasteiger partial charge is 0.371 e. The highest BCUT2D eigenvalue weighted by Crippen LogP contribution is 2.23. The van der Waals surface area contributed by atoms with Crippen molar-refractivity contribution in [2.75, 3.05) is 23.3 Å². The van der Waals surface area contributed by atoms with Crippen LogP contribution in [-0.4, -0.2) is 50.5 Å². The molecule has 0 aliphatic carbocycles. The number of nitrogens with zero attached hydrogens (tertiary/aromatic N) is 5. The van der Waals surface area contributed by atoms with Crippen LogP contribution in [0.15, 0.2) is 30.3 Å². The second-order valence-electron chi connectivity index (χ2n) is 8.60. The highest BCUT2D eigenvalue weighted by atomic mass is 16.2. The van der Waals surface area contributed by atoms with Gasteiger partial charge in [0.15, 0.2) is 5.82 Å². The average Bonchev–Trinajstić information content (AvgIpc) is 3.44. The van der Waals surface area contributed by atoms with Crippen LogP contribution in [0.4, 0.5) is 11.4 Å². The first-order chi connectivity index (χ1) is 15.9. The molecule has 1 aliphatic heterocycles. The number of carbonyl (C=O) groups is 2. The first-order valence-corrected chi connectivity index (χ1v) is 11.6. The average molecular weight is 450 g/mol.